The molecule has 0 aliphatic carbocycles. The van der Waals surface area contributed by atoms with Gasteiger partial charge in [0.2, 0.25) is 6.10 Å². The summed E-state index contributed by atoms with van der Waals surface area (Å²) in [5, 5.41) is 8.53. The van der Waals surface area contributed by atoms with Crippen molar-refractivity contribution in [3.8, 4) is 10.8 Å². The van der Waals surface area contributed by atoms with Crippen molar-refractivity contribution in [2.45, 2.75) is 19.1 Å². The Kier molecular flexibility index (Phi) is 6.75. The van der Waals surface area contributed by atoms with Crippen LogP contribution in [0.2, 0.25) is 0 Å². The molecule has 0 bridgehead atoms. The van der Waals surface area contributed by atoms with E-state index in [1.165, 1.54) is 35.6 Å². The molecule has 4 aromatic rings. The summed E-state index contributed by atoms with van der Waals surface area (Å²) in [5.41, 5.74) is 0.817. The second-order valence-electron chi connectivity index (χ2n) is 6.90. The molecule has 33 heavy (non-hydrogen) atoms. The van der Waals surface area contributed by atoms with Gasteiger partial charge in [-0.2, -0.15) is 4.68 Å². The summed E-state index contributed by atoms with van der Waals surface area (Å²) in [6.07, 6.45) is -1.44. The fourth-order valence-corrected chi connectivity index (χ4v) is 3.62. The summed E-state index contributed by atoms with van der Waals surface area (Å²) >= 11 is 1.37. The summed E-state index contributed by atoms with van der Waals surface area (Å²) in [6, 6.07) is 17.3. The number of hydrogen-bond acceptors (Lipinski definition) is 7. The Morgan fingerprint density at radius 1 is 1.09 bits per heavy atom. The van der Waals surface area contributed by atoms with Gasteiger partial charge in [-0.1, -0.05) is 36.4 Å². The lowest BCUT2D eigenvalue weighted by Crippen LogP contribution is -2.27. The van der Waals surface area contributed by atoms with E-state index in [-0.39, 0.29) is 18.9 Å². The van der Waals surface area contributed by atoms with Crippen LogP contribution in [0, 0.1) is 5.82 Å². The maximum Gasteiger partial charge on any atom is 0.437 e. The number of anilines is 1. The molecule has 0 radical (unpaired) electrons. The monoisotopic (exact) mass is 467 g/mol. The van der Waals surface area contributed by atoms with Gasteiger partial charge >= 0.3 is 11.7 Å². The minimum absolute atomic E-state index is 0.0758. The van der Waals surface area contributed by atoms with Crippen LogP contribution in [0.3, 0.4) is 0 Å². The third-order valence-corrected chi connectivity index (χ3v) is 5.43. The number of benzene rings is 2. The van der Waals surface area contributed by atoms with Gasteiger partial charge in [0.05, 0.1) is 17.8 Å². The average Bonchev–Trinajstić information content (AvgIpc) is 3.48. The summed E-state index contributed by atoms with van der Waals surface area (Å²) in [5.74, 6) is -2.26. The molecule has 0 saturated carbocycles. The van der Waals surface area contributed by atoms with Gasteiger partial charge in [0.1, 0.15) is 5.82 Å². The second kappa shape index (κ2) is 10.0. The molecule has 1 N–H and O–H groups in total. The van der Waals surface area contributed by atoms with Crippen LogP contribution in [0.15, 0.2) is 81.3 Å². The molecule has 1 unspecified atom stereocenters. The van der Waals surface area contributed by atoms with Crippen LogP contribution < -0.4 is 11.1 Å². The van der Waals surface area contributed by atoms with Crippen LogP contribution in [0.25, 0.3) is 10.8 Å². The lowest BCUT2D eigenvalue weighted by Gasteiger charge is -2.18. The van der Waals surface area contributed by atoms with E-state index >= 15 is 0 Å². The van der Waals surface area contributed by atoms with Crippen molar-refractivity contribution in [2.24, 2.45) is 0 Å². The maximum absolute atomic E-state index is 13.1. The first-order chi connectivity index (χ1) is 16.0. The molecule has 4 rings (SSSR count). The zero-order chi connectivity index (χ0) is 23.2. The number of carbonyl (C=O) groups excluding carboxylic acids is 2. The molecule has 0 spiro atoms. The fraction of sp³-hybridized carbons (Fsp3) is 0.130. The summed E-state index contributed by atoms with van der Waals surface area (Å²) in [4.78, 5) is 38.1. The first kappa shape index (κ1) is 22.2. The first-order valence-corrected chi connectivity index (χ1v) is 10.8. The number of carbonyl (C=O) groups is 2. The van der Waals surface area contributed by atoms with Crippen molar-refractivity contribution in [3.05, 3.63) is 94.0 Å². The van der Waals surface area contributed by atoms with Crippen LogP contribution in [-0.4, -0.2) is 21.7 Å². The normalized spacial score (nSPS) is 11.7. The molecule has 8 nitrogen and oxygen atoms in total. The van der Waals surface area contributed by atoms with Gasteiger partial charge < -0.3 is 14.5 Å². The molecule has 0 aliphatic rings. The van der Waals surface area contributed by atoms with Gasteiger partial charge in [-0.15, -0.1) is 16.4 Å². The topological polar surface area (TPSA) is 103 Å². The summed E-state index contributed by atoms with van der Waals surface area (Å²) in [6.45, 7) is -0.0758. The van der Waals surface area contributed by atoms with Crippen molar-refractivity contribution in [3.63, 3.8) is 0 Å². The standard InChI is InChI=1S/C23H18FN3O5S/c24-16-8-10-17(11-9-16)25-21(29)20(15-5-2-1-3-6-15)31-19(28)12-13-27-23(30)32-22(26-27)18-7-4-14-33-18/h1-11,14,20H,12-13H2,(H,25,29). The Hall–Kier alpha value is -4.05. The largest absolute Gasteiger partial charge is 0.447 e. The third kappa shape index (κ3) is 5.60. The van der Waals surface area contributed by atoms with Crippen molar-refractivity contribution in [1.29, 1.82) is 0 Å². The summed E-state index contributed by atoms with van der Waals surface area (Å²) < 4.78 is 24.7. The van der Waals surface area contributed by atoms with E-state index in [1.54, 1.807) is 42.5 Å². The van der Waals surface area contributed by atoms with Crippen LogP contribution in [-0.2, 0) is 20.9 Å². The Bertz CT molecular complexity index is 1280. The average molecular weight is 467 g/mol. The Morgan fingerprint density at radius 2 is 1.85 bits per heavy atom. The van der Waals surface area contributed by atoms with E-state index in [0.29, 0.717) is 16.1 Å². The lowest BCUT2D eigenvalue weighted by atomic mass is 10.1. The van der Waals surface area contributed by atoms with Gasteiger partial charge in [0.15, 0.2) is 0 Å². The van der Waals surface area contributed by atoms with Crippen LogP contribution in [0.1, 0.15) is 18.1 Å². The SMILES string of the molecule is O=C(CCn1nc(-c2cccs2)oc1=O)OC(C(=O)Nc1ccc(F)cc1)c1ccccc1. The van der Waals surface area contributed by atoms with E-state index in [2.05, 4.69) is 10.4 Å². The van der Waals surface area contributed by atoms with Crippen molar-refractivity contribution in [2.75, 3.05) is 5.32 Å². The number of nitrogens with zero attached hydrogens (tertiary/aromatic N) is 2. The molecule has 10 heteroatoms. The summed E-state index contributed by atoms with van der Waals surface area (Å²) in [7, 11) is 0. The molecule has 0 aliphatic heterocycles. The Labute approximate surface area is 191 Å². The quantitative estimate of drug-likeness (QED) is 0.393. The third-order valence-electron chi connectivity index (χ3n) is 4.57. The highest BCUT2D eigenvalue weighted by Gasteiger charge is 2.25. The second-order valence-corrected chi connectivity index (χ2v) is 7.85. The van der Waals surface area contributed by atoms with E-state index in [9.17, 15) is 18.8 Å². The highest BCUT2D eigenvalue weighted by molar-refractivity contribution is 7.13. The van der Waals surface area contributed by atoms with Crippen molar-refractivity contribution in [1.82, 2.24) is 9.78 Å². The maximum atomic E-state index is 13.1. The molecule has 1 atom stereocenters. The van der Waals surface area contributed by atoms with E-state index in [0.717, 1.165) is 4.68 Å². The van der Waals surface area contributed by atoms with Gasteiger partial charge in [-0.25, -0.2) is 9.18 Å². The molecule has 1 amide bonds. The molecule has 2 aromatic carbocycles. The zero-order valence-electron chi connectivity index (χ0n) is 17.1. The molecule has 168 valence electrons. The number of hydrogen-bond donors (Lipinski definition) is 1. The van der Waals surface area contributed by atoms with Crippen molar-refractivity contribution < 1.29 is 23.1 Å². The predicted molar refractivity (Wildman–Crippen MR) is 119 cm³/mol. The fourth-order valence-electron chi connectivity index (χ4n) is 2.98. The Morgan fingerprint density at radius 3 is 2.55 bits per heavy atom. The molecular formula is C23H18FN3O5S. The van der Waals surface area contributed by atoms with Gasteiger partial charge in [-0.3, -0.25) is 9.59 Å². The zero-order valence-corrected chi connectivity index (χ0v) is 18.0. The number of halogens is 1. The van der Waals surface area contributed by atoms with Gasteiger partial charge in [0.25, 0.3) is 11.8 Å². The Balaban J connectivity index is 1.44. The minimum Gasteiger partial charge on any atom is -0.447 e. The number of amides is 1. The number of rotatable bonds is 8. The molecule has 2 aromatic heterocycles. The number of aryl methyl sites for hydroxylation is 1. The number of aromatic nitrogens is 2. The van der Waals surface area contributed by atoms with Crippen LogP contribution in [0.5, 0.6) is 0 Å². The number of esters is 1. The van der Waals surface area contributed by atoms with Crippen LogP contribution in [0.4, 0.5) is 10.1 Å². The number of thiophene rings is 1. The highest BCUT2D eigenvalue weighted by atomic mass is 32.1. The number of nitrogens with one attached hydrogen (secondary N) is 1. The van der Waals surface area contributed by atoms with E-state index < -0.39 is 29.6 Å². The number of ether oxygens (including phenoxy) is 1. The van der Waals surface area contributed by atoms with Gasteiger partial charge in [-0.05, 0) is 35.7 Å². The first-order valence-electron chi connectivity index (χ1n) is 9.92. The van der Waals surface area contributed by atoms with E-state index in [4.69, 9.17) is 9.15 Å². The van der Waals surface area contributed by atoms with Crippen LogP contribution >= 0.6 is 11.3 Å². The molecule has 0 saturated heterocycles. The predicted octanol–water partition coefficient (Wildman–Crippen LogP) is 4.02. The van der Waals surface area contributed by atoms with Crippen molar-refractivity contribution >= 4 is 28.9 Å². The highest BCUT2D eigenvalue weighted by Crippen LogP contribution is 2.22. The molecular weight excluding hydrogens is 449 g/mol. The molecule has 0 fully saturated rings. The van der Waals surface area contributed by atoms with Gasteiger partial charge in [0, 0.05) is 11.3 Å². The minimum atomic E-state index is -1.24. The van der Waals surface area contributed by atoms with E-state index in [1.807, 2.05) is 5.38 Å². The molecule has 2 heterocycles. The lowest BCUT2D eigenvalue weighted by molar-refractivity contribution is -0.155. The smallest absolute Gasteiger partial charge is 0.437 e.